The third-order valence-electron chi connectivity index (χ3n) is 1.44. The van der Waals surface area contributed by atoms with Crippen LogP contribution in [0, 0.1) is 0 Å². The van der Waals surface area contributed by atoms with Crippen molar-refractivity contribution in [1.29, 1.82) is 0 Å². The lowest BCUT2D eigenvalue weighted by atomic mass is 10.3. The number of rotatable bonds is 6. The summed E-state index contributed by atoms with van der Waals surface area (Å²) in [6.07, 6.45) is 4.88. The van der Waals surface area contributed by atoms with Crippen LogP contribution >= 0.6 is 0 Å². The lowest BCUT2D eigenvalue weighted by Crippen LogP contribution is -1.88. The summed E-state index contributed by atoms with van der Waals surface area (Å²) in [5, 5.41) is 17.1. The SMILES string of the molecule is CC(=CCCO)OC(C)=CCCO. The van der Waals surface area contributed by atoms with Crippen molar-refractivity contribution in [2.45, 2.75) is 26.7 Å². The maximum atomic E-state index is 8.54. The molecule has 0 aliphatic heterocycles. The van der Waals surface area contributed by atoms with Gasteiger partial charge in [0.25, 0.3) is 0 Å². The highest BCUT2D eigenvalue weighted by Gasteiger charge is 1.91. The maximum absolute atomic E-state index is 8.54. The smallest absolute Gasteiger partial charge is 0.0966 e. The molecule has 0 spiro atoms. The van der Waals surface area contributed by atoms with Crippen molar-refractivity contribution < 1.29 is 14.9 Å². The molecule has 2 N–H and O–H groups in total. The van der Waals surface area contributed by atoms with Crippen LogP contribution in [0.1, 0.15) is 26.7 Å². The van der Waals surface area contributed by atoms with Crippen molar-refractivity contribution in [1.82, 2.24) is 0 Å². The fraction of sp³-hybridized carbons (Fsp3) is 0.600. The number of allylic oxidation sites excluding steroid dienone is 2. The van der Waals surface area contributed by atoms with Gasteiger partial charge < -0.3 is 14.9 Å². The molecule has 13 heavy (non-hydrogen) atoms. The van der Waals surface area contributed by atoms with Gasteiger partial charge in [-0.3, -0.25) is 0 Å². The van der Waals surface area contributed by atoms with E-state index in [0.29, 0.717) is 12.8 Å². The Labute approximate surface area is 79.3 Å². The molecule has 0 amide bonds. The minimum atomic E-state index is 0.139. The first kappa shape index (κ1) is 12.2. The van der Waals surface area contributed by atoms with E-state index in [9.17, 15) is 0 Å². The highest BCUT2D eigenvalue weighted by Crippen LogP contribution is 2.06. The van der Waals surface area contributed by atoms with Crippen molar-refractivity contribution in [3.8, 4) is 0 Å². The minimum absolute atomic E-state index is 0.139. The lowest BCUT2D eigenvalue weighted by molar-refractivity contribution is 0.281. The average molecular weight is 186 g/mol. The Kier molecular flexibility index (Phi) is 7.35. The van der Waals surface area contributed by atoms with Gasteiger partial charge in [0, 0.05) is 13.2 Å². The zero-order valence-corrected chi connectivity index (χ0v) is 8.29. The molecular weight excluding hydrogens is 168 g/mol. The summed E-state index contributed by atoms with van der Waals surface area (Å²) >= 11 is 0. The number of hydrogen-bond acceptors (Lipinski definition) is 3. The molecule has 0 radical (unpaired) electrons. The fourth-order valence-corrected chi connectivity index (χ4v) is 0.873. The molecule has 3 nitrogen and oxygen atoms in total. The normalized spacial score (nSPS) is 13.2. The fourth-order valence-electron chi connectivity index (χ4n) is 0.873. The van der Waals surface area contributed by atoms with E-state index in [1.165, 1.54) is 0 Å². The predicted octanol–water partition coefficient (Wildman–Crippen LogP) is 1.58. The Morgan fingerprint density at radius 2 is 1.38 bits per heavy atom. The van der Waals surface area contributed by atoms with E-state index in [1.807, 2.05) is 26.0 Å². The van der Waals surface area contributed by atoms with Crippen LogP contribution in [0.25, 0.3) is 0 Å². The molecule has 0 atom stereocenters. The Bertz CT molecular complexity index is 163. The van der Waals surface area contributed by atoms with E-state index in [-0.39, 0.29) is 13.2 Å². The summed E-state index contributed by atoms with van der Waals surface area (Å²) < 4.78 is 5.35. The number of aliphatic hydroxyl groups excluding tert-OH is 2. The van der Waals surface area contributed by atoms with Gasteiger partial charge in [0.05, 0.1) is 11.5 Å². The quantitative estimate of drug-likeness (QED) is 0.619. The van der Waals surface area contributed by atoms with Gasteiger partial charge >= 0.3 is 0 Å². The first-order valence-electron chi connectivity index (χ1n) is 4.43. The van der Waals surface area contributed by atoms with Crippen LogP contribution in [0.5, 0.6) is 0 Å². The van der Waals surface area contributed by atoms with E-state index < -0.39 is 0 Å². The Morgan fingerprint density at radius 1 is 1.00 bits per heavy atom. The summed E-state index contributed by atoms with van der Waals surface area (Å²) in [4.78, 5) is 0. The summed E-state index contributed by atoms with van der Waals surface area (Å²) in [5.41, 5.74) is 0. The molecule has 0 fully saturated rings. The van der Waals surface area contributed by atoms with Gasteiger partial charge in [-0.1, -0.05) is 0 Å². The van der Waals surface area contributed by atoms with E-state index in [4.69, 9.17) is 14.9 Å². The summed E-state index contributed by atoms with van der Waals surface area (Å²) in [6.45, 7) is 3.96. The van der Waals surface area contributed by atoms with Crippen molar-refractivity contribution in [2.75, 3.05) is 13.2 Å². The van der Waals surface area contributed by atoms with Crippen LogP contribution in [0.4, 0.5) is 0 Å². The minimum Gasteiger partial charge on any atom is -0.467 e. The van der Waals surface area contributed by atoms with E-state index in [2.05, 4.69) is 0 Å². The number of aliphatic hydroxyl groups is 2. The summed E-state index contributed by atoms with van der Waals surface area (Å²) in [7, 11) is 0. The van der Waals surface area contributed by atoms with Crippen LogP contribution in [0.15, 0.2) is 23.7 Å². The van der Waals surface area contributed by atoms with Gasteiger partial charge in [0.15, 0.2) is 0 Å². The molecule has 3 heteroatoms. The molecule has 0 rings (SSSR count). The zero-order valence-electron chi connectivity index (χ0n) is 8.29. The first-order valence-corrected chi connectivity index (χ1v) is 4.43. The highest BCUT2D eigenvalue weighted by atomic mass is 16.5. The molecule has 0 saturated heterocycles. The second kappa shape index (κ2) is 7.83. The van der Waals surface area contributed by atoms with Crippen molar-refractivity contribution in [3.05, 3.63) is 23.7 Å². The molecular formula is C10H18O3. The zero-order chi connectivity index (χ0) is 10.1. The Hall–Kier alpha value is -0.800. The van der Waals surface area contributed by atoms with Gasteiger partial charge in [0.1, 0.15) is 0 Å². The molecule has 0 aromatic heterocycles. The largest absolute Gasteiger partial charge is 0.467 e. The van der Waals surface area contributed by atoms with E-state index in [0.717, 1.165) is 11.5 Å². The lowest BCUT2D eigenvalue weighted by Gasteiger charge is -2.05. The molecule has 0 aliphatic rings. The Morgan fingerprint density at radius 3 is 1.69 bits per heavy atom. The standard InChI is InChI=1S/C10H18O3/c1-9(5-3-7-11)13-10(2)6-4-8-12/h5-6,11-12H,3-4,7-8H2,1-2H3. The predicted molar refractivity (Wildman–Crippen MR) is 52.0 cm³/mol. The second-order valence-corrected chi connectivity index (χ2v) is 2.76. The van der Waals surface area contributed by atoms with Gasteiger partial charge in [0.2, 0.25) is 0 Å². The second-order valence-electron chi connectivity index (χ2n) is 2.76. The number of hydrogen-bond donors (Lipinski definition) is 2. The molecule has 0 aliphatic carbocycles. The van der Waals surface area contributed by atoms with Gasteiger partial charge in [-0.2, -0.15) is 0 Å². The maximum Gasteiger partial charge on any atom is 0.0966 e. The average Bonchev–Trinajstić information content (AvgIpc) is 2.11. The topological polar surface area (TPSA) is 49.7 Å². The summed E-state index contributed by atoms with van der Waals surface area (Å²) in [5.74, 6) is 1.56. The number of ether oxygens (including phenoxy) is 1. The summed E-state index contributed by atoms with van der Waals surface area (Å²) in [6, 6.07) is 0. The highest BCUT2D eigenvalue weighted by molar-refractivity contribution is 4.97. The molecule has 0 aromatic rings. The molecule has 76 valence electrons. The molecule has 0 bridgehead atoms. The van der Waals surface area contributed by atoms with Crippen molar-refractivity contribution in [3.63, 3.8) is 0 Å². The van der Waals surface area contributed by atoms with Crippen molar-refractivity contribution >= 4 is 0 Å². The third-order valence-corrected chi connectivity index (χ3v) is 1.44. The molecule has 0 heterocycles. The van der Waals surface area contributed by atoms with Gasteiger partial charge in [-0.05, 0) is 38.8 Å². The van der Waals surface area contributed by atoms with Crippen molar-refractivity contribution in [2.24, 2.45) is 0 Å². The van der Waals surface area contributed by atoms with Crippen LogP contribution in [0.3, 0.4) is 0 Å². The van der Waals surface area contributed by atoms with Crippen LogP contribution in [0.2, 0.25) is 0 Å². The Balaban J connectivity index is 3.82. The van der Waals surface area contributed by atoms with E-state index >= 15 is 0 Å². The van der Waals surface area contributed by atoms with E-state index in [1.54, 1.807) is 0 Å². The third kappa shape index (κ3) is 7.56. The van der Waals surface area contributed by atoms with Crippen LogP contribution in [-0.4, -0.2) is 23.4 Å². The molecule has 0 unspecified atom stereocenters. The van der Waals surface area contributed by atoms with Gasteiger partial charge in [-0.25, -0.2) is 0 Å². The van der Waals surface area contributed by atoms with Crippen LogP contribution in [-0.2, 0) is 4.74 Å². The molecule has 0 aromatic carbocycles. The van der Waals surface area contributed by atoms with Crippen LogP contribution < -0.4 is 0 Å². The molecule has 0 saturated carbocycles. The monoisotopic (exact) mass is 186 g/mol. The first-order chi connectivity index (χ1) is 6.20. The van der Waals surface area contributed by atoms with Gasteiger partial charge in [-0.15, -0.1) is 0 Å².